The summed E-state index contributed by atoms with van der Waals surface area (Å²) in [6.45, 7) is 7.37. The summed E-state index contributed by atoms with van der Waals surface area (Å²) in [6.07, 6.45) is 1.96. The van der Waals surface area contributed by atoms with E-state index in [-0.39, 0.29) is 11.8 Å². The smallest absolute Gasteiger partial charge is 0.259 e. The number of para-hydroxylation sites is 1. The van der Waals surface area contributed by atoms with E-state index in [1.807, 2.05) is 6.07 Å². The minimum Gasteiger partial charge on any atom is -0.492 e. The van der Waals surface area contributed by atoms with Gasteiger partial charge in [-0.1, -0.05) is 45.4 Å². The highest BCUT2D eigenvalue weighted by Crippen LogP contribution is 2.21. The molecule has 27 heavy (non-hydrogen) atoms. The Morgan fingerprint density at radius 1 is 1.04 bits per heavy atom. The van der Waals surface area contributed by atoms with Crippen LogP contribution in [0.1, 0.15) is 54.3 Å². The second-order valence-corrected chi connectivity index (χ2v) is 6.85. The number of carbonyl (C=O) groups is 2. The van der Waals surface area contributed by atoms with Gasteiger partial charge in [0.1, 0.15) is 5.75 Å². The van der Waals surface area contributed by atoms with E-state index in [1.165, 1.54) is 0 Å². The van der Waals surface area contributed by atoms with Crippen molar-refractivity contribution in [1.82, 2.24) is 5.32 Å². The van der Waals surface area contributed by atoms with E-state index < -0.39 is 0 Å². The van der Waals surface area contributed by atoms with Gasteiger partial charge in [-0.25, -0.2) is 0 Å². The van der Waals surface area contributed by atoms with Gasteiger partial charge in [-0.2, -0.15) is 0 Å². The van der Waals surface area contributed by atoms with E-state index in [9.17, 15) is 9.59 Å². The molecule has 0 radical (unpaired) electrons. The maximum absolute atomic E-state index is 12.7. The van der Waals surface area contributed by atoms with Crippen LogP contribution in [0.15, 0.2) is 48.5 Å². The Kier molecular flexibility index (Phi) is 7.86. The van der Waals surface area contributed by atoms with Crippen LogP contribution in [0.4, 0.5) is 5.69 Å². The van der Waals surface area contributed by atoms with Crippen LogP contribution in [-0.4, -0.2) is 25.0 Å². The molecule has 2 aromatic rings. The monoisotopic (exact) mass is 368 g/mol. The number of hydrogen-bond acceptors (Lipinski definition) is 3. The lowest BCUT2D eigenvalue weighted by atomic mass is 10.1. The van der Waals surface area contributed by atoms with Gasteiger partial charge in [0.2, 0.25) is 0 Å². The van der Waals surface area contributed by atoms with Crippen molar-refractivity contribution in [2.24, 2.45) is 5.92 Å². The van der Waals surface area contributed by atoms with Gasteiger partial charge in [-0.15, -0.1) is 0 Å². The van der Waals surface area contributed by atoms with Crippen LogP contribution in [0.2, 0.25) is 0 Å². The zero-order valence-corrected chi connectivity index (χ0v) is 16.2. The maximum Gasteiger partial charge on any atom is 0.259 e. The normalized spacial score (nSPS) is 10.5. The highest BCUT2D eigenvalue weighted by atomic mass is 16.5. The molecule has 2 aromatic carbocycles. The van der Waals surface area contributed by atoms with Crippen molar-refractivity contribution in [1.29, 1.82) is 0 Å². The molecule has 0 aliphatic heterocycles. The van der Waals surface area contributed by atoms with Gasteiger partial charge in [0.05, 0.1) is 12.2 Å². The number of anilines is 1. The number of ether oxygens (including phenoxy) is 1. The Labute approximate surface area is 161 Å². The van der Waals surface area contributed by atoms with Gasteiger partial charge >= 0.3 is 0 Å². The SMILES string of the molecule is CCCCNC(=O)c1cccc(NC(=O)c2ccccc2OCC(C)C)c1. The number of amides is 2. The average Bonchev–Trinajstić information content (AvgIpc) is 2.67. The lowest BCUT2D eigenvalue weighted by Gasteiger charge is -2.13. The average molecular weight is 368 g/mol. The Hall–Kier alpha value is -2.82. The predicted molar refractivity (Wildman–Crippen MR) is 108 cm³/mol. The summed E-state index contributed by atoms with van der Waals surface area (Å²) in [4.78, 5) is 24.9. The maximum atomic E-state index is 12.7. The zero-order valence-electron chi connectivity index (χ0n) is 16.2. The van der Waals surface area contributed by atoms with Crippen LogP contribution in [0.3, 0.4) is 0 Å². The van der Waals surface area contributed by atoms with Gasteiger partial charge in [-0.3, -0.25) is 9.59 Å². The van der Waals surface area contributed by atoms with Crippen LogP contribution in [-0.2, 0) is 0 Å². The summed E-state index contributed by atoms with van der Waals surface area (Å²) < 4.78 is 5.75. The summed E-state index contributed by atoms with van der Waals surface area (Å²) in [5, 5.41) is 5.73. The Morgan fingerprint density at radius 3 is 2.56 bits per heavy atom. The van der Waals surface area contributed by atoms with Crippen LogP contribution >= 0.6 is 0 Å². The lowest BCUT2D eigenvalue weighted by Crippen LogP contribution is -2.24. The molecule has 0 aliphatic carbocycles. The molecule has 0 saturated heterocycles. The van der Waals surface area contributed by atoms with E-state index in [0.29, 0.717) is 41.6 Å². The summed E-state index contributed by atoms with van der Waals surface area (Å²) in [7, 11) is 0. The molecule has 0 aliphatic rings. The third kappa shape index (κ3) is 6.44. The van der Waals surface area contributed by atoms with E-state index in [2.05, 4.69) is 31.4 Å². The zero-order chi connectivity index (χ0) is 19.6. The second kappa shape index (κ2) is 10.4. The summed E-state index contributed by atoms with van der Waals surface area (Å²) in [5.41, 5.74) is 1.56. The standard InChI is InChI=1S/C22H28N2O3/c1-4-5-13-23-21(25)17-9-8-10-18(14-17)24-22(26)19-11-6-7-12-20(19)27-15-16(2)3/h6-12,14,16H,4-5,13,15H2,1-3H3,(H,23,25)(H,24,26). The minimum absolute atomic E-state index is 0.139. The second-order valence-electron chi connectivity index (χ2n) is 6.85. The van der Waals surface area contributed by atoms with Crippen LogP contribution < -0.4 is 15.4 Å². The van der Waals surface area contributed by atoms with E-state index in [4.69, 9.17) is 4.74 Å². The molecule has 0 unspecified atom stereocenters. The Balaban J connectivity index is 2.08. The molecule has 0 spiro atoms. The molecular formula is C22H28N2O3. The van der Waals surface area contributed by atoms with Gasteiger partial charge in [0, 0.05) is 17.8 Å². The summed E-state index contributed by atoms with van der Waals surface area (Å²) in [6, 6.07) is 14.1. The number of nitrogens with one attached hydrogen (secondary N) is 2. The highest BCUT2D eigenvalue weighted by Gasteiger charge is 2.14. The van der Waals surface area contributed by atoms with E-state index >= 15 is 0 Å². The molecule has 5 heteroatoms. The predicted octanol–water partition coefficient (Wildman–Crippen LogP) is 4.50. The lowest BCUT2D eigenvalue weighted by molar-refractivity contribution is 0.0951. The first-order chi connectivity index (χ1) is 13.0. The molecule has 2 rings (SSSR count). The topological polar surface area (TPSA) is 67.4 Å². The molecule has 2 amide bonds. The van der Waals surface area contributed by atoms with Gasteiger partial charge in [-0.05, 0) is 42.7 Å². The minimum atomic E-state index is -0.266. The molecular weight excluding hydrogens is 340 g/mol. The largest absolute Gasteiger partial charge is 0.492 e. The Morgan fingerprint density at radius 2 is 1.81 bits per heavy atom. The quantitative estimate of drug-likeness (QED) is 0.640. The Bertz CT molecular complexity index is 772. The van der Waals surface area contributed by atoms with Crippen molar-refractivity contribution in [2.75, 3.05) is 18.5 Å². The highest BCUT2D eigenvalue weighted by molar-refractivity contribution is 6.06. The number of benzene rings is 2. The van der Waals surface area contributed by atoms with Crippen molar-refractivity contribution in [3.05, 3.63) is 59.7 Å². The van der Waals surface area contributed by atoms with Gasteiger partial charge < -0.3 is 15.4 Å². The molecule has 0 saturated carbocycles. The fourth-order valence-electron chi connectivity index (χ4n) is 2.45. The molecule has 144 valence electrons. The number of carbonyl (C=O) groups excluding carboxylic acids is 2. The van der Waals surface area contributed by atoms with E-state index in [0.717, 1.165) is 12.8 Å². The molecule has 5 nitrogen and oxygen atoms in total. The van der Waals surface area contributed by atoms with Crippen molar-refractivity contribution in [2.45, 2.75) is 33.6 Å². The molecule has 0 heterocycles. The van der Waals surface area contributed by atoms with Gasteiger partial charge in [0.25, 0.3) is 11.8 Å². The first-order valence-corrected chi connectivity index (χ1v) is 9.42. The molecule has 0 aromatic heterocycles. The molecule has 0 bridgehead atoms. The van der Waals surface area contributed by atoms with Crippen molar-refractivity contribution in [3.8, 4) is 5.75 Å². The number of hydrogen-bond donors (Lipinski definition) is 2. The number of unbranched alkanes of at least 4 members (excludes halogenated alkanes) is 1. The summed E-state index contributed by atoms with van der Waals surface area (Å²) in [5.74, 6) is 0.513. The van der Waals surface area contributed by atoms with Crippen molar-refractivity contribution in [3.63, 3.8) is 0 Å². The first-order valence-electron chi connectivity index (χ1n) is 9.42. The van der Waals surface area contributed by atoms with Gasteiger partial charge in [0.15, 0.2) is 0 Å². The van der Waals surface area contributed by atoms with Crippen molar-refractivity contribution < 1.29 is 14.3 Å². The van der Waals surface area contributed by atoms with Crippen molar-refractivity contribution >= 4 is 17.5 Å². The fraction of sp³-hybridized carbons (Fsp3) is 0.364. The van der Waals surface area contributed by atoms with Crippen LogP contribution in [0.5, 0.6) is 5.75 Å². The number of rotatable bonds is 9. The molecule has 2 N–H and O–H groups in total. The third-order valence-corrected chi connectivity index (χ3v) is 3.90. The third-order valence-electron chi connectivity index (χ3n) is 3.90. The van der Waals surface area contributed by atoms with E-state index in [1.54, 1.807) is 42.5 Å². The van der Waals surface area contributed by atoms with Crippen LogP contribution in [0.25, 0.3) is 0 Å². The molecule has 0 fully saturated rings. The fourth-order valence-corrected chi connectivity index (χ4v) is 2.45. The molecule has 0 atom stereocenters. The summed E-state index contributed by atoms with van der Waals surface area (Å²) >= 11 is 0. The first kappa shape index (κ1) is 20.5. The van der Waals surface area contributed by atoms with Crippen LogP contribution in [0, 0.1) is 5.92 Å².